The summed E-state index contributed by atoms with van der Waals surface area (Å²) in [5.41, 5.74) is 5.72. The molecule has 154 valence electrons. The molecule has 0 radical (unpaired) electrons. The Balaban J connectivity index is 1.41. The van der Waals surface area contributed by atoms with Crippen LogP contribution in [0, 0.1) is 0 Å². The van der Waals surface area contributed by atoms with Crippen LogP contribution >= 0.6 is 0 Å². The van der Waals surface area contributed by atoms with E-state index in [0.717, 1.165) is 59.3 Å². The second-order valence-electron chi connectivity index (χ2n) is 7.72. The van der Waals surface area contributed by atoms with Crippen LogP contribution in [0.1, 0.15) is 34.3 Å². The van der Waals surface area contributed by atoms with Gasteiger partial charge in [-0.1, -0.05) is 18.2 Å². The number of rotatable bonds is 4. The maximum Gasteiger partial charge on any atom is 0.255 e. The minimum absolute atomic E-state index is 0.0228. The number of carbonyl (C=O) groups excluding carboxylic acids is 1. The molecule has 3 N–H and O–H groups in total. The molecule has 2 heterocycles. The van der Waals surface area contributed by atoms with Crippen LogP contribution in [0.2, 0.25) is 0 Å². The van der Waals surface area contributed by atoms with Gasteiger partial charge >= 0.3 is 0 Å². The molecular weight excluding hydrogens is 388 g/mol. The fraction of sp³-hybridized carbons (Fsp3) is 0.160. The van der Waals surface area contributed by atoms with Crippen LogP contribution in [0.25, 0.3) is 11.0 Å². The maximum absolute atomic E-state index is 12.4. The Hall–Kier alpha value is -3.93. The summed E-state index contributed by atoms with van der Waals surface area (Å²) in [6.45, 7) is 0. The van der Waals surface area contributed by atoms with Gasteiger partial charge in [0.1, 0.15) is 5.65 Å². The van der Waals surface area contributed by atoms with E-state index in [-0.39, 0.29) is 11.5 Å². The van der Waals surface area contributed by atoms with Gasteiger partial charge in [0.2, 0.25) is 0 Å². The number of hydrogen-bond acceptors (Lipinski definition) is 4. The van der Waals surface area contributed by atoms with E-state index in [2.05, 4.69) is 20.6 Å². The number of hydrogen-bond donors (Lipinski definition) is 3. The van der Waals surface area contributed by atoms with Crippen molar-refractivity contribution in [3.8, 4) is 0 Å². The number of benzene rings is 2. The number of H-pyrrole nitrogens is 1. The molecule has 0 spiro atoms. The molecule has 0 aliphatic heterocycles. The Kier molecular flexibility index (Phi) is 4.96. The normalized spacial score (nSPS) is 12.9. The lowest BCUT2D eigenvalue weighted by Gasteiger charge is -2.19. The van der Waals surface area contributed by atoms with Crippen molar-refractivity contribution in [2.45, 2.75) is 25.7 Å². The third-order valence-electron chi connectivity index (χ3n) is 5.68. The SMILES string of the molecule is O=C(Nc1ccc(Nc2ccnc3[nH]c(=O)c4c(c23)CCCC4)cc1)c1ccccc1. The number of aromatic nitrogens is 2. The zero-order valence-electron chi connectivity index (χ0n) is 16.9. The van der Waals surface area contributed by atoms with Gasteiger partial charge in [0.15, 0.2) is 0 Å². The summed E-state index contributed by atoms with van der Waals surface area (Å²) >= 11 is 0. The van der Waals surface area contributed by atoms with Crippen molar-refractivity contribution in [1.29, 1.82) is 0 Å². The summed E-state index contributed by atoms with van der Waals surface area (Å²) in [7, 11) is 0. The monoisotopic (exact) mass is 410 g/mol. The summed E-state index contributed by atoms with van der Waals surface area (Å²) in [5, 5.41) is 7.35. The van der Waals surface area contributed by atoms with Gasteiger partial charge in [-0.25, -0.2) is 4.98 Å². The Bertz CT molecular complexity index is 1310. The molecule has 4 aromatic rings. The molecule has 0 saturated carbocycles. The van der Waals surface area contributed by atoms with Crippen molar-refractivity contribution in [3.63, 3.8) is 0 Å². The number of nitrogens with zero attached hydrogens (tertiary/aromatic N) is 1. The lowest BCUT2D eigenvalue weighted by molar-refractivity contribution is 0.102. The first-order valence-electron chi connectivity index (χ1n) is 10.5. The van der Waals surface area contributed by atoms with Gasteiger partial charge in [-0.2, -0.15) is 0 Å². The van der Waals surface area contributed by atoms with Crippen LogP contribution in [-0.2, 0) is 12.8 Å². The maximum atomic E-state index is 12.4. The van der Waals surface area contributed by atoms with Gasteiger partial charge in [0, 0.05) is 34.1 Å². The molecule has 5 rings (SSSR count). The minimum atomic E-state index is -0.142. The highest BCUT2D eigenvalue weighted by Gasteiger charge is 2.19. The zero-order valence-corrected chi connectivity index (χ0v) is 16.9. The van der Waals surface area contributed by atoms with Crippen LogP contribution < -0.4 is 16.2 Å². The molecule has 0 saturated heterocycles. The molecule has 0 unspecified atom stereocenters. The molecule has 1 amide bonds. The van der Waals surface area contributed by atoms with Crippen molar-refractivity contribution in [1.82, 2.24) is 9.97 Å². The van der Waals surface area contributed by atoms with Gasteiger partial charge in [0.25, 0.3) is 11.5 Å². The highest BCUT2D eigenvalue weighted by Crippen LogP contribution is 2.31. The first-order valence-corrected chi connectivity index (χ1v) is 10.5. The molecule has 1 aliphatic carbocycles. The van der Waals surface area contributed by atoms with Crippen molar-refractivity contribution >= 4 is 34.0 Å². The number of aryl methyl sites for hydroxylation is 1. The van der Waals surface area contributed by atoms with Crippen LogP contribution in [0.5, 0.6) is 0 Å². The number of pyridine rings is 2. The highest BCUT2D eigenvalue weighted by atomic mass is 16.1. The summed E-state index contributed by atoms with van der Waals surface area (Å²) in [6.07, 6.45) is 5.52. The minimum Gasteiger partial charge on any atom is -0.355 e. The number of nitrogens with one attached hydrogen (secondary N) is 3. The van der Waals surface area contributed by atoms with Crippen LogP contribution in [0.3, 0.4) is 0 Å². The van der Waals surface area contributed by atoms with Gasteiger partial charge in [-0.05, 0) is 73.7 Å². The molecule has 6 nitrogen and oxygen atoms in total. The second kappa shape index (κ2) is 8.07. The van der Waals surface area contributed by atoms with E-state index in [1.807, 2.05) is 48.5 Å². The van der Waals surface area contributed by atoms with E-state index in [1.165, 1.54) is 0 Å². The largest absolute Gasteiger partial charge is 0.355 e. The third-order valence-corrected chi connectivity index (χ3v) is 5.68. The van der Waals surface area contributed by atoms with Crippen molar-refractivity contribution < 1.29 is 4.79 Å². The summed E-state index contributed by atoms with van der Waals surface area (Å²) < 4.78 is 0. The van der Waals surface area contributed by atoms with E-state index in [4.69, 9.17) is 0 Å². The fourth-order valence-electron chi connectivity index (χ4n) is 4.17. The molecule has 2 aromatic carbocycles. The summed E-state index contributed by atoms with van der Waals surface area (Å²) in [4.78, 5) is 32.1. The molecular formula is C25H22N4O2. The highest BCUT2D eigenvalue weighted by molar-refractivity contribution is 6.04. The number of carbonyl (C=O) groups is 1. The first kappa shape index (κ1) is 19.1. The smallest absolute Gasteiger partial charge is 0.255 e. The Morgan fingerprint density at radius 3 is 2.35 bits per heavy atom. The average molecular weight is 410 g/mol. The van der Waals surface area contributed by atoms with Crippen LogP contribution in [0.15, 0.2) is 71.7 Å². The predicted molar refractivity (Wildman–Crippen MR) is 123 cm³/mol. The molecule has 6 heteroatoms. The number of amides is 1. The van der Waals surface area contributed by atoms with Gasteiger partial charge in [-0.3, -0.25) is 9.59 Å². The van der Waals surface area contributed by atoms with Crippen LogP contribution in [0.4, 0.5) is 17.1 Å². The van der Waals surface area contributed by atoms with Gasteiger partial charge < -0.3 is 15.6 Å². The van der Waals surface area contributed by atoms with E-state index in [0.29, 0.717) is 11.2 Å². The van der Waals surface area contributed by atoms with E-state index < -0.39 is 0 Å². The predicted octanol–water partition coefficient (Wildman–Crippen LogP) is 4.80. The van der Waals surface area contributed by atoms with Gasteiger partial charge in [-0.15, -0.1) is 0 Å². The zero-order chi connectivity index (χ0) is 21.2. The number of fused-ring (bicyclic) bond motifs is 3. The van der Waals surface area contributed by atoms with Crippen molar-refractivity contribution in [2.24, 2.45) is 0 Å². The summed E-state index contributed by atoms with van der Waals surface area (Å²) in [5.74, 6) is -0.142. The molecule has 31 heavy (non-hydrogen) atoms. The lowest BCUT2D eigenvalue weighted by Crippen LogP contribution is -2.20. The topological polar surface area (TPSA) is 86.9 Å². The Morgan fingerprint density at radius 2 is 1.58 bits per heavy atom. The average Bonchev–Trinajstić information content (AvgIpc) is 2.81. The van der Waals surface area contributed by atoms with E-state index in [1.54, 1.807) is 18.3 Å². The van der Waals surface area contributed by atoms with Crippen molar-refractivity contribution in [3.05, 3.63) is 93.9 Å². The van der Waals surface area contributed by atoms with Gasteiger partial charge in [0.05, 0.1) is 5.69 Å². The second-order valence-corrected chi connectivity index (χ2v) is 7.72. The summed E-state index contributed by atoms with van der Waals surface area (Å²) in [6, 6.07) is 18.6. The number of anilines is 3. The molecule has 1 aliphatic rings. The lowest BCUT2D eigenvalue weighted by atomic mass is 9.90. The van der Waals surface area contributed by atoms with Crippen LogP contribution in [-0.4, -0.2) is 15.9 Å². The molecule has 0 bridgehead atoms. The molecule has 0 atom stereocenters. The standard InChI is InChI=1S/C25H22N4O2/c30-24(16-6-2-1-3-7-16)28-18-12-10-17(11-13-18)27-21-14-15-26-23-22(21)19-8-4-5-9-20(19)25(31)29-23/h1-3,6-7,10-15H,4-5,8-9H2,(H,28,30)(H2,26,27,29,31). The Morgan fingerprint density at radius 1 is 0.871 bits per heavy atom. The fourth-order valence-corrected chi connectivity index (χ4v) is 4.17. The molecule has 2 aromatic heterocycles. The molecule has 0 fully saturated rings. The quantitative estimate of drug-likeness (QED) is 0.451. The van der Waals surface area contributed by atoms with Crippen molar-refractivity contribution in [2.75, 3.05) is 10.6 Å². The van der Waals surface area contributed by atoms with E-state index in [9.17, 15) is 9.59 Å². The number of aromatic amines is 1. The Labute approximate surface area is 179 Å². The third kappa shape index (κ3) is 3.80. The first-order chi connectivity index (χ1) is 15.2. The van der Waals surface area contributed by atoms with E-state index >= 15 is 0 Å².